The molecule has 1 aromatic heterocycles. The van der Waals surface area contributed by atoms with Gasteiger partial charge in [0.05, 0.1) is 11.0 Å². The van der Waals surface area contributed by atoms with E-state index in [2.05, 4.69) is 68.9 Å². The number of nitrogens with one attached hydrogen (secondary N) is 3. The molecule has 0 saturated carbocycles. The Bertz CT molecular complexity index is 796. The lowest BCUT2D eigenvalue weighted by atomic mass is 10.1. The number of aromatic amines is 1. The van der Waals surface area contributed by atoms with Gasteiger partial charge in [0.2, 0.25) is 0 Å². The number of rotatable bonds is 8. The van der Waals surface area contributed by atoms with E-state index in [4.69, 9.17) is 0 Å². The fraction of sp³-hybridized carbons (Fsp3) is 0.333. The minimum Gasteiger partial charge on any atom is -0.357 e. The maximum Gasteiger partial charge on any atom is 0.191 e. The minimum atomic E-state index is 0. The van der Waals surface area contributed by atoms with Crippen LogP contribution in [0.25, 0.3) is 11.0 Å². The van der Waals surface area contributed by atoms with Crippen LogP contribution in [0.3, 0.4) is 0 Å². The Morgan fingerprint density at radius 1 is 1.00 bits per heavy atom. The lowest BCUT2D eigenvalue weighted by Gasteiger charge is -2.10. The topological polar surface area (TPSA) is 65.1 Å². The van der Waals surface area contributed by atoms with Crippen molar-refractivity contribution in [3.05, 3.63) is 66.0 Å². The monoisotopic (exact) mass is 477 g/mol. The number of H-pyrrole nitrogens is 1. The average molecular weight is 477 g/mol. The number of halogens is 1. The number of nitrogens with zero attached hydrogens (tertiary/aromatic N) is 2. The summed E-state index contributed by atoms with van der Waals surface area (Å²) in [6, 6.07) is 18.7. The molecule has 0 aliphatic heterocycles. The Labute approximate surface area is 178 Å². The van der Waals surface area contributed by atoms with Gasteiger partial charge >= 0.3 is 0 Å². The van der Waals surface area contributed by atoms with E-state index in [-0.39, 0.29) is 24.0 Å². The molecule has 1 heterocycles. The number of hydrogen-bond donors (Lipinski definition) is 3. The second-order valence-corrected chi connectivity index (χ2v) is 6.23. The molecule has 6 heteroatoms. The van der Waals surface area contributed by atoms with Gasteiger partial charge in [-0.2, -0.15) is 0 Å². The van der Waals surface area contributed by atoms with Crippen LogP contribution in [0, 0.1) is 0 Å². The van der Waals surface area contributed by atoms with Crippen molar-refractivity contribution in [2.45, 2.75) is 26.2 Å². The van der Waals surface area contributed by atoms with Gasteiger partial charge in [0.1, 0.15) is 5.82 Å². The summed E-state index contributed by atoms with van der Waals surface area (Å²) in [6.45, 7) is 4.55. The van der Waals surface area contributed by atoms with Crippen molar-refractivity contribution in [1.29, 1.82) is 0 Å². The predicted molar refractivity (Wildman–Crippen MR) is 124 cm³/mol. The van der Waals surface area contributed by atoms with E-state index in [1.807, 2.05) is 18.2 Å². The number of hydrogen-bond acceptors (Lipinski definition) is 2. The number of benzene rings is 2. The van der Waals surface area contributed by atoms with E-state index < -0.39 is 0 Å². The number of para-hydroxylation sites is 2. The molecule has 27 heavy (non-hydrogen) atoms. The molecular formula is C21H28IN5. The molecule has 0 bridgehead atoms. The Morgan fingerprint density at radius 2 is 1.78 bits per heavy atom. The van der Waals surface area contributed by atoms with Crippen LogP contribution >= 0.6 is 24.0 Å². The quantitative estimate of drug-likeness (QED) is 0.200. The van der Waals surface area contributed by atoms with E-state index in [9.17, 15) is 0 Å². The normalized spacial score (nSPS) is 11.2. The molecule has 0 saturated heterocycles. The van der Waals surface area contributed by atoms with Gasteiger partial charge in [-0.3, -0.25) is 4.99 Å². The van der Waals surface area contributed by atoms with Crippen LogP contribution in [-0.4, -0.2) is 35.6 Å². The van der Waals surface area contributed by atoms with Crippen molar-refractivity contribution in [2.75, 3.05) is 19.6 Å². The van der Waals surface area contributed by atoms with Crippen molar-refractivity contribution in [1.82, 2.24) is 20.6 Å². The fourth-order valence-electron chi connectivity index (χ4n) is 2.88. The smallest absolute Gasteiger partial charge is 0.191 e. The molecule has 144 valence electrons. The first kappa shape index (κ1) is 21.2. The number of imidazole rings is 1. The van der Waals surface area contributed by atoms with Crippen LogP contribution in [0.4, 0.5) is 0 Å². The third-order valence-electron chi connectivity index (χ3n) is 4.17. The minimum absolute atomic E-state index is 0. The zero-order valence-corrected chi connectivity index (χ0v) is 18.1. The summed E-state index contributed by atoms with van der Waals surface area (Å²) in [5.74, 6) is 1.87. The molecule has 3 N–H and O–H groups in total. The summed E-state index contributed by atoms with van der Waals surface area (Å²) in [4.78, 5) is 12.6. The zero-order chi connectivity index (χ0) is 18.0. The van der Waals surface area contributed by atoms with E-state index in [0.29, 0.717) is 0 Å². The van der Waals surface area contributed by atoms with E-state index in [0.717, 1.165) is 61.7 Å². The first-order valence-corrected chi connectivity index (χ1v) is 9.35. The first-order chi connectivity index (χ1) is 12.8. The van der Waals surface area contributed by atoms with Crippen molar-refractivity contribution in [3.8, 4) is 0 Å². The third-order valence-corrected chi connectivity index (χ3v) is 4.17. The molecule has 5 nitrogen and oxygen atoms in total. The Hall–Kier alpha value is -2.09. The van der Waals surface area contributed by atoms with Gasteiger partial charge in [0, 0.05) is 26.1 Å². The number of guanidine groups is 1. The zero-order valence-electron chi connectivity index (χ0n) is 15.7. The van der Waals surface area contributed by atoms with Gasteiger partial charge in [-0.25, -0.2) is 4.98 Å². The molecule has 0 aliphatic rings. The Morgan fingerprint density at radius 3 is 2.56 bits per heavy atom. The van der Waals surface area contributed by atoms with Crippen LogP contribution in [0.1, 0.15) is 24.7 Å². The Kier molecular flexibility index (Phi) is 9.10. The Balaban J connectivity index is 0.00000261. The summed E-state index contributed by atoms with van der Waals surface area (Å²) in [5.41, 5.74) is 3.47. The van der Waals surface area contributed by atoms with Gasteiger partial charge in [0.25, 0.3) is 0 Å². The standard InChI is InChI=1S/C21H27N5.HI/c1-2-22-21(23-15-8-11-17-9-4-3-5-10-17)24-16-14-20-25-18-12-6-7-13-19(18)26-20;/h3-7,9-10,12-13H,2,8,11,14-16H2,1H3,(H,25,26)(H2,22,23,24);1H. The maximum absolute atomic E-state index is 4.67. The second-order valence-electron chi connectivity index (χ2n) is 6.23. The van der Waals surface area contributed by atoms with Crippen LogP contribution in [-0.2, 0) is 12.8 Å². The molecule has 2 aromatic carbocycles. The van der Waals surface area contributed by atoms with Gasteiger partial charge in [0.15, 0.2) is 5.96 Å². The molecule has 3 rings (SSSR count). The lowest BCUT2D eigenvalue weighted by Crippen LogP contribution is -2.38. The highest BCUT2D eigenvalue weighted by molar-refractivity contribution is 14.0. The number of aromatic nitrogens is 2. The van der Waals surface area contributed by atoms with Crippen molar-refractivity contribution >= 4 is 41.0 Å². The molecular weight excluding hydrogens is 449 g/mol. The summed E-state index contributed by atoms with van der Waals surface area (Å²) >= 11 is 0. The van der Waals surface area contributed by atoms with Crippen LogP contribution < -0.4 is 10.6 Å². The molecule has 0 unspecified atom stereocenters. The fourth-order valence-corrected chi connectivity index (χ4v) is 2.88. The predicted octanol–water partition coefficient (Wildman–Crippen LogP) is 3.91. The summed E-state index contributed by atoms with van der Waals surface area (Å²) in [6.07, 6.45) is 2.94. The molecule has 0 amide bonds. The van der Waals surface area contributed by atoms with Crippen LogP contribution in [0.2, 0.25) is 0 Å². The van der Waals surface area contributed by atoms with Crippen molar-refractivity contribution < 1.29 is 0 Å². The highest BCUT2D eigenvalue weighted by atomic mass is 127. The number of aliphatic imine (C=N–C) groups is 1. The second kappa shape index (κ2) is 11.6. The lowest BCUT2D eigenvalue weighted by molar-refractivity contribution is 0.765. The largest absolute Gasteiger partial charge is 0.357 e. The maximum atomic E-state index is 4.67. The van der Waals surface area contributed by atoms with Crippen LogP contribution in [0.5, 0.6) is 0 Å². The van der Waals surface area contributed by atoms with Gasteiger partial charge in [-0.15, -0.1) is 24.0 Å². The molecule has 0 spiro atoms. The third kappa shape index (κ3) is 6.86. The van der Waals surface area contributed by atoms with Crippen LogP contribution in [0.15, 0.2) is 59.6 Å². The summed E-state index contributed by atoms with van der Waals surface area (Å²) in [5, 5.41) is 6.69. The summed E-state index contributed by atoms with van der Waals surface area (Å²) < 4.78 is 0. The number of fused-ring (bicyclic) bond motifs is 1. The van der Waals surface area contributed by atoms with E-state index in [1.165, 1.54) is 5.56 Å². The van der Waals surface area contributed by atoms with Gasteiger partial charge in [-0.1, -0.05) is 42.5 Å². The SMILES string of the molecule is CCNC(=NCCCc1ccccc1)NCCc1nc2ccccc2[nH]1.I. The highest BCUT2D eigenvalue weighted by Gasteiger charge is 2.03. The number of aryl methyl sites for hydroxylation is 1. The molecule has 3 aromatic rings. The van der Waals surface area contributed by atoms with Gasteiger partial charge in [-0.05, 0) is 37.5 Å². The molecule has 0 aliphatic carbocycles. The van der Waals surface area contributed by atoms with E-state index >= 15 is 0 Å². The summed E-state index contributed by atoms with van der Waals surface area (Å²) in [7, 11) is 0. The molecule has 0 fully saturated rings. The molecule has 0 radical (unpaired) electrons. The van der Waals surface area contributed by atoms with Crippen molar-refractivity contribution in [3.63, 3.8) is 0 Å². The highest BCUT2D eigenvalue weighted by Crippen LogP contribution is 2.10. The first-order valence-electron chi connectivity index (χ1n) is 9.35. The van der Waals surface area contributed by atoms with E-state index in [1.54, 1.807) is 0 Å². The van der Waals surface area contributed by atoms with Crippen molar-refractivity contribution in [2.24, 2.45) is 4.99 Å². The average Bonchev–Trinajstić information content (AvgIpc) is 3.09. The molecule has 0 atom stereocenters. The van der Waals surface area contributed by atoms with Gasteiger partial charge < -0.3 is 15.6 Å².